The van der Waals surface area contributed by atoms with E-state index in [1.807, 2.05) is 36.5 Å². The van der Waals surface area contributed by atoms with Gasteiger partial charge in [-0.3, -0.25) is 9.59 Å². The van der Waals surface area contributed by atoms with Gasteiger partial charge in [-0.1, -0.05) is 42.5 Å². The molecule has 0 spiro atoms. The molecule has 0 aliphatic carbocycles. The summed E-state index contributed by atoms with van der Waals surface area (Å²) in [6.07, 6.45) is 2.84. The number of Topliss-reactive ketones (excluding diaryl/α,β-unsaturated/α-hetero) is 2. The summed E-state index contributed by atoms with van der Waals surface area (Å²) in [5.74, 6) is -2.66. The number of aryl methyl sites for hydroxylation is 2. The Morgan fingerprint density at radius 3 is 2.26 bits per heavy atom. The molecule has 0 amide bonds. The monoisotopic (exact) mass is 421 g/mol. The Morgan fingerprint density at radius 2 is 1.58 bits per heavy atom. The predicted molar refractivity (Wildman–Crippen MR) is 114 cm³/mol. The van der Waals surface area contributed by atoms with Gasteiger partial charge in [0.2, 0.25) is 5.78 Å². The molecule has 31 heavy (non-hydrogen) atoms. The fourth-order valence-electron chi connectivity index (χ4n) is 3.31. The molecule has 1 heterocycles. The Hall–Kier alpha value is -3.54. The van der Waals surface area contributed by atoms with E-state index in [1.54, 1.807) is 29.7 Å². The number of aromatic nitrogens is 1. The molecule has 0 atom stereocenters. The standard InChI is InChI=1S/C25H24FNO4/c1-2-31-25(30)24(29)15-23(28)22-14-20(9-8-18-6-4-3-5-7-18)17-27(22)16-19-10-12-21(26)13-11-19/h3-7,10-14,17H,2,8-9,15-16H2,1H3. The van der Waals surface area contributed by atoms with Crippen molar-refractivity contribution in [2.75, 3.05) is 6.61 Å². The van der Waals surface area contributed by atoms with Gasteiger partial charge in [0.15, 0.2) is 5.78 Å². The van der Waals surface area contributed by atoms with E-state index in [9.17, 15) is 18.8 Å². The van der Waals surface area contributed by atoms with Crippen molar-refractivity contribution in [3.8, 4) is 0 Å². The summed E-state index contributed by atoms with van der Waals surface area (Å²) in [5, 5.41) is 0. The van der Waals surface area contributed by atoms with Gasteiger partial charge in [0.1, 0.15) is 5.82 Å². The number of benzene rings is 2. The summed E-state index contributed by atoms with van der Waals surface area (Å²) < 4.78 is 19.7. The molecule has 1 aromatic heterocycles. The maximum Gasteiger partial charge on any atom is 0.375 e. The van der Waals surface area contributed by atoms with Crippen LogP contribution < -0.4 is 0 Å². The van der Waals surface area contributed by atoms with Crippen LogP contribution in [0.3, 0.4) is 0 Å². The first-order chi connectivity index (χ1) is 15.0. The lowest BCUT2D eigenvalue weighted by atomic mass is 10.1. The Bertz CT molecular complexity index is 1050. The molecule has 0 unspecified atom stereocenters. The van der Waals surface area contributed by atoms with E-state index in [0.717, 1.165) is 17.5 Å². The molecule has 0 N–H and O–H groups in total. The van der Waals surface area contributed by atoms with E-state index < -0.39 is 24.0 Å². The molecule has 5 nitrogen and oxygen atoms in total. The van der Waals surface area contributed by atoms with Crippen molar-refractivity contribution in [3.63, 3.8) is 0 Å². The van der Waals surface area contributed by atoms with Gasteiger partial charge in [-0.25, -0.2) is 9.18 Å². The number of carbonyl (C=O) groups is 3. The summed E-state index contributed by atoms with van der Waals surface area (Å²) in [6, 6.07) is 17.8. The number of halogens is 1. The molecule has 0 fully saturated rings. The predicted octanol–water partition coefficient (Wildman–Crippen LogP) is 4.17. The molecule has 0 radical (unpaired) electrons. The number of ether oxygens (including phenoxy) is 1. The number of nitrogens with zero attached hydrogens (tertiary/aromatic N) is 1. The SMILES string of the molecule is CCOC(=O)C(=O)CC(=O)c1cc(CCc2ccccc2)cn1Cc1ccc(F)cc1. The smallest absolute Gasteiger partial charge is 0.375 e. The average molecular weight is 421 g/mol. The van der Waals surface area contributed by atoms with Gasteiger partial charge in [-0.05, 0) is 54.7 Å². The third-order valence-electron chi connectivity index (χ3n) is 4.87. The third-order valence-corrected chi connectivity index (χ3v) is 4.87. The molecule has 0 saturated heterocycles. The van der Waals surface area contributed by atoms with E-state index in [2.05, 4.69) is 4.74 Å². The molecule has 3 rings (SSSR count). The topological polar surface area (TPSA) is 65.4 Å². The maximum atomic E-state index is 13.2. The van der Waals surface area contributed by atoms with Crippen LogP contribution in [0.5, 0.6) is 0 Å². The molecule has 0 saturated carbocycles. The van der Waals surface area contributed by atoms with Crippen molar-refractivity contribution in [2.45, 2.75) is 32.7 Å². The molecule has 0 aliphatic rings. The van der Waals surface area contributed by atoms with Crippen LogP contribution in [0, 0.1) is 5.82 Å². The van der Waals surface area contributed by atoms with Gasteiger partial charge in [0.25, 0.3) is 0 Å². The zero-order valence-electron chi connectivity index (χ0n) is 17.3. The fraction of sp³-hybridized carbons (Fsp3) is 0.240. The van der Waals surface area contributed by atoms with Crippen LogP contribution in [0.15, 0.2) is 66.9 Å². The van der Waals surface area contributed by atoms with Crippen molar-refractivity contribution in [1.29, 1.82) is 0 Å². The maximum absolute atomic E-state index is 13.2. The summed E-state index contributed by atoms with van der Waals surface area (Å²) >= 11 is 0. The first-order valence-corrected chi connectivity index (χ1v) is 10.2. The van der Waals surface area contributed by atoms with Crippen LogP contribution in [0.2, 0.25) is 0 Å². The molecule has 6 heteroatoms. The first kappa shape index (κ1) is 22.2. The molecule has 160 valence electrons. The van der Waals surface area contributed by atoms with Gasteiger partial charge >= 0.3 is 5.97 Å². The number of esters is 1. The summed E-state index contributed by atoms with van der Waals surface area (Å²) in [4.78, 5) is 36.4. The Kier molecular flexibility index (Phi) is 7.49. The fourth-order valence-corrected chi connectivity index (χ4v) is 3.31. The third kappa shape index (κ3) is 6.22. The second-order valence-corrected chi connectivity index (χ2v) is 7.22. The number of hydrogen-bond acceptors (Lipinski definition) is 4. The second kappa shape index (κ2) is 10.5. The minimum Gasteiger partial charge on any atom is -0.460 e. The highest BCUT2D eigenvalue weighted by Crippen LogP contribution is 2.17. The van der Waals surface area contributed by atoms with E-state index in [4.69, 9.17) is 0 Å². The lowest BCUT2D eigenvalue weighted by molar-refractivity contribution is -0.153. The highest BCUT2D eigenvalue weighted by atomic mass is 19.1. The van der Waals surface area contributed by atoms with Crippen LogP contribution in [0.25, 0.3) is 0 Å². The van der Waals surface area contributed by atoms with Crippen molar-refractivity contribution in [3.05, 3.63) is 95.1 Å². The number of rotatable bonds is 10. The Morgan fingerprint density at radius 1 is 0.903 bits per heavy atom. The Balaban J connectivity index is 1.80. The van der Waals surface area contributed by atoms with Gasteiger partial charge in [0, 0.05) is 12.7 Å². The molecular weight excluding hydrogens is 397 g/mol. The van der Waals surface area contributed by atoms with Crippen molar-refractivity contribution < 1.29 is 23.5 Å². The van der Waals surface area contributed by atoms with Gasteiger partial charge in [-0.2, -0.15) is 0 Å². The van der Waals surface area contributed by atoms with Gasteiger partial charge < -0.3 is 9.30 Å². The van der Waals surface area contributed by atoms with E-state index >= 15 is 0 Å². The normalized spacial score (nSPS) is 10.6. The number of ketones is 2. The van der Waals surface area contributed by atoms with E-state index in [0.29, 0.717) is 18.7 Å². The van der Waals surface area contributed by atoms with E-state index in [-0.39, 0.29) is 12.4 Å². The summed E-state index contributed by atoms with van der Waals surface area (Å²) in [7, 11) is 0. The minimum atomic E-state index is -1.00. The highest BCUT2D eigenvalue weighted by Gasteiger charge is 2.22. The molecular formula is C25H24FNO4. The quantitative estimate of drug-likeness (QED) is 0.213. The number of carbonyl (C=O) groups excluding carboxylic acids is 3. The summed E-state index contributed by atoms with van der Waals surface area (Å²) in [6.45, 7) is 2.02. The molecule has 0 aliphatic heterocycles. The van der Waals surface area contributed by atoms with Crippen molar-refractivity contribution in [2.24, 2.45) is 0 Å². The zero-order chi connectivity index (χ0) is 22.2. The van der Waals surface area contributed by atoms with Crippen LogP contribution >= 0.6 is 0 Å². The van der Waals surface area contributed by atoms with Crippen LogP contribution in [0.1, 0.15) is 40.5 Å². The second-order valence-electron chi connectivity index (χ2n) is 7.22. The highest BCUT2D eigenvalue weighted by molar-refractivity contribution is 6.38. The summed E-state index contributed by atoms with van der Waals surface area (Å²) in [5.41, 5.74) is 3.28. The lowest BCUT2D eigenvalue weighted by Crippen LogP contribution is -2.22. The van der Waals surface area contributed by atoms with Gasteiger partial charge in [-0.15, -0.1) is 0 Å². The Labute approximate surface area is 180 Å². The van der Waals surface area contributed by atoms with Crippen molar-refractivity contribution >= 4 is 17.5 Å². The largest absolute Gasteiger partial charge is 0.460 e. The number of hydrogen-bond donors (Lipinski definition) is 0. The van der Waals surface area contributed by atoms with Crippen LogP contribution in [-0.4, -0.2) is 28.7 Å². The molecule has 2 aromatic carbocycles. The van der Waals surface area contributed by atoms with E-state index in [1.165, 1.54) is 17.7 Å². The molecule has 0 bridgehead atoms. The van der Waals surface area contributed by atoms with Crippen LogP contribution in [0.4, 0.5) is 4.39 Å². The average Bonchev–Trinajstić information content (AvgIpc) is 3.17. The van der Waals surface area contributed by atoms with Gasteiger partial charge in [0.05, 0.1) is 18.7 Å². The minimum absolute atomic E-state index is 0.0728. The van der Waals surface area contributed by atoms with Crippen molar-refractivity contribution in [1.82, 2.24) is 4.57 Å². The molecule has 3 aromatic rings. The zero-order valence-corrected chi connectivity index (χ0v) is 17.3. The van der Waals surface area contributed by atoms with Crippen LogP contribution in [-0.2, 0) is 33.7 Å². The first-order valence-electron chi connectivity index (χ1n) is 10.2. The lowest BCUT2D eigenvalue weighted by Gasteiger charge is -2.08.